The maximum atomic E-state index is 12.8. The van der Waals surface area contributed by atoms with Crippen LogP contribution in [0.5, 0.6) is 0 Å². The van der Waals surface area contributed by atoms with Gasteiger partial charge in [-0.25, -0.2) is 0 Å². The third kappa shape index (κ3) is 2.20. The second-order valence-corrected chi connectivity index (χ2v) is 7.07. The Kier molecular flexibility index (Phi) is 3.54. The molecule has 0 unspecified atom stereocenters. The third-order valence-electron chi connectivity index (χ3n) is 4.02. The van der Waals surface area contributed by atoms with E-state index in [-0.39, 0.29) is 18.4 Å². The molecule has 2 aliphatic heterocycles. The normalized spacial score (nSPS) is 20.3. The van der Waals surface area contributed by atoms with Gasteiger partial charge >= 0.3 is 0 Å². The lowest BCUT2D eigenvalue weighted by molar-refractivity contribution is -0.123. The molecule has 3 heterocycles. The van der Waals surface area contributed by atoms with E-state index < -0.39 is 0 Å². The van der Waals surface area contributed by atoms with Crippen LogP contribution in [0.15, 0.2) is 52.0 Å². The number of para-hydroxylation sites is 1. The predicted octanol–water partition coefficient (Wildman–Crippen LogP) is 3.03. The zero-order valence-corrected chi connectivity index (χ0v) is 14.3. The lowest BCUT2D eigenvalue weighted by atomic mass is 10.1. The number of hydrogen-bond donors (Lipinski definition) is 0. The molecular weight excluding hydrogens is 344 g/mol. The molecule has 5 nitrogen and oxygen atoms in total. The summed E-state index contributed by atoms with van der Waals surface area (Å²) in [6, 6.07) is 11.0. The van der Waals surface area contributed by atoms with Gasteiger partial charge in [-0.1, -0.05) is 42.2 Å². The van der Waals surface area contributed by atoms with E-state index >= 15 is 0 Å². The van der Waals surface area contributed by atoms with Crippen molar-refractivity contribution in [2.24, 2.45) is 0 Å². The molecule has 1 aromatic heterocycles. The van der Waals surface area contributed by atoms with Crippen LogP contribution >= 0.6 is 24.0 Å². The highest BCUT2D eigenvalue weighted by Gasteiger charge is 2.41. The van der Waals surface area contributed by atoms with E-state index in [0.717, 1.165) is 11.3 Å². The second-order valence-electron chi connectivity index (χ2n) is 5.42. The van der Waals surface area contributed by atoms with Gasteiger partial charge in [-0.2, -0.15) is 0 Å². The molecule has 0 bridgehead atoms. The Hall–Kier alpha value is -2.38. The summed E-state index contributed by atoms with van der Waals surface area (Å²) >= 11 is 6.51. The van der Waals surface area contributed by atoms with E-state index in [4.69, 9.17) is 16.6 Å². The van der Waals surface area contributed by atoms with Gasteiger partial charge < -0.3 is 9.32 Å². The van der Waals surface area contributed by atoms with E-state index in [0.29, 0.717) is 20.6 Å². The van der Waals surface area contributed by atoms with Gasteiger partial charge in [0.25, 0.3) is 11.8 Å². The number of likely N-dealkylation sites (N-methyl/N-ethyl adjacent to an activating group) is 1. The number of carbonyl (C=O) groups is 2. The standard InChI is InChI=1S/C17H12N2O3S2/c1-18-12-7-3-2-6-11(12)13(15(18)20)14-16(21)19(17(23)24-14)9-10-5-4-8-22-10/h2-8H,9H2,1H3/b14-13+. The molecule has 24 heavy (non-hydrogen) atoms. The maximum Gasteiger partial charge on any atom is 0.267 e. The number of amides is 2. The molecule has 0 atom stereocenters. The monoisotopic (exact) mass is 356 g/mol. The number of carbonyl (C=O) groups excluding carboxylic acids is 2. The molecule has 1 saturated heterocycles. The van der Waals surface area contributed by atoms with Crippen LogP contribution in [0.25, 0.3) is 5.57 Å². The quantitative estimate of drug-likeness (QED) is 0.612. The first-order valence-electron chi connectivity index (χ1n) is 7.25. The minimum Gasteiger partial charge on any atom is -0.467 e. The molecule has 0 N–H and O–H groups in total. The number of furan rings is 1. The third-order valence-corrected chi connectivity index (χ3v) is 5.47. The molecule has 0 radical (unpaired) electrons. The van der Waals surface area contributed by atoms with Gasteiger partial charge in [0.15, 0.2) is 0 Å². The Morgan fingerprint density at radius 3 is 2.67 bits per heavy atom. The summed E-state index contributed by atoms with van der Waals surface area (Å²) in [6.45, 7) is 0.264. The largest absolute Gasteiger partial charge is 0.467 e. The summed E-state index contributed by atoms with van der Waals surface area (Å²) in [4.78, 5) is 28.9. The first-order valence-corrected chi connectivity index (χ1v) is 8.48. The fourth-order valence-corrected chi connectivity index (χ4v) is 4.16. The molecule has 0 saturated carbocycles. The number of hydrogen-bond acceptors (Lipinski definition) is 5. The molecule has 120 valence electrons. The highest BCUT2D eigenvalue weighted by molar-refractivity contribution is 8.26. The zero-order valence-electron chi connectivity index (χ0n) is 12.7. The van der Waals surface area contributed by atoms with Crippen LogP contribution in [0.2, 0.25) is 0 Å². The maximum absolute atomic E-state index is 12.8. The fourth-order valence-electron chi connectivity index (χ4n) is 2.83. The van der Waals surface area contributed by atoms with Gasteiger partial charge in [0, 0.05) is 12.6 Å². The Bertz CT molecular complexity index is 902. The van der Waals surface area contributed by atoms with E-state index in [9.17, 15) is 9.59 Å². The number of rotatable bonds is 2. The summed E-state index contributed by atoms with van der Waals surface area (Å²) in [5.41, 5.74) is 1.99. The van der Waals surface area contributed by atoms with Crippen LogP contribution in [0, 0.1) is 0 Å². The Balaban J connectivity index is 1.77. The van der Waals surface area contributed by atoms with E-state index in [1.807, 2.05) is 24.3 Å². The van der Waals surface area contributed by atoms with Crippen LogP contribution in [0.4, 0.5) is 5.69 Å². The van der Waals surface area contributed by atoms with Gasteiger partial charge in [0.2, 0.25) is 0 Å². The zero-order chi connectivity index (χ0) is 16.8. The lowest BCUT2D eigenvalue weighted by Crippen LogP contribution is -2.28. The van der Waals surface area contributed by atoms with Crippen molar-refractivity contribution in [3.05, 3.63) is 58.9 Å². The van der Waals surface area contributed by atoms with Crippen molar-refractivity contribution in [1.82, 2.24) is 4.90 Å². The van der Waals surface area contributed by atoms with Crippen LogP contribution < -0.4 is 4.90 Å². The van der Waals surface area contributed by atoms with Crippen molar-refractivity contribution in [2.75, 3.05) is 11.9 Å². The SMILES string of the molecule is CN1C(=O)/C(=C2/SC(=S)N(Cc3ccco3)C2=O)c2ccccc21. The first kappa shape index (κ1) is 15.2. The molecule has 0 spiro atoms. The lowest BCUT2D eigenvalue weighted by Gasteiger charge is -2.12. The molecule has 2 aliphatic rings. The van der Waals surface area contributed by atoms with Crippen LogP contribution in [-0.2, 0) is 16.1 Å². The predicted molar refractivity (Wildman–Crippen MR) is 96.2 cm³/mol. The van der Waals surface area contributed by atoms with Gasteiger partial charge in [-0.15, -0.1) is 0 Å². The average Bonchev–Trinajstić information content (AvgIpc) is 3.25. The Labute approximate surface area is 147 Å². The average molecular weight is 356 g/mol. The molecular formula is C17H12N2O3S2. The molecule has 2 aromatic rings. The van der Waals surface area contributed by atoms with E-state index in [1.54, 1.807) is 30.3 Å². The number of thiocarbonyl (C=S) groups is 1. The minimum atomic E-state index is -0.255. The summed E-state index contributed by atoms with van der Waals surface area (Å²) < 4.78 is 5.72. The van der Waals surface area contributed by atoms with Crippen molar-refractivity contribution in [1.29, 1.82) is 0 Å². The van der Waals surface area contributed by atoms with E-state index in [1.165, 1.54) is 16.7 Å². The number of thioether (sulfide) groups is 1. The second kappa shape index (κ2) is 5.61. The molecule has 1 fully saturated rings. The number of fused-ring (bicyclic) bond motifs is 1. The number of benzene rings is 1. The van der Waals surface area contributed by atoms with Crippen LogP contribution in [0.1, 0.15) is 11.3 Å². The van der Waals surface area contributed by atoms with Gasteiger partial charge in [0.05, 0.1) is 29.0 Å². The van der Waals surface area contributed by atoms with Crippen molar-refractivity contribution >= 4 is 51.4 Å². The first-order chi connectivity index (χ1) is 11.6. The van der Waals surface area contributed by atoms with Gasteiger partial charge in [0.1, 0.15) is 10.1 Å². The summed E-state index contributed by atoms with van der Waals surface area (Å²) in [7, 11) is 1.71. The summed E-state index contributed by atoms with van der Waals surface area (Å²) in [6.07, 6.45) is 1.55. The van der Waals surface area contributed by atoms with Crippen molar-refractivity contribution in [3.63, 3.8) is 0 Å². The fraction of sp³-hybridized carbons (Fsp3) is 0.118. The van der Waals surface area contributed by atoms with E-state index in [2.05, 4.69) is 0 Å². The molecule has 0 aliphatic carbocycles. The smallest absolute Gasteiger partial charge is 0.267 e. The molecule has 1 aromatic carbocycles. The molecule has 2 amide bonds. The number of anilines is 1. The molecule has 7 heteroatoms. The van der Waals surface area contributed by atoms with Crippen molar-refractivity contribution in [2.45, 2.75) is 6.54 Å². The van der Waals surface area contributed by atoms with Crippen LogP contribution in [-0.4, -0.2) is 28.1 Å². The highest BCUT2D eigenvalue weighted by Crippen LogP contribution is 2.44. The van der Waals surface area contributed by atoms with Crippen LogP contribution in [0.3, 0.4) is 0 Å². The van der Waals surface area contributed by atoms with Crippen molar-refractivity contribution < 1.29 is 14.0 Å². The number of nitrogens with zero attached hydrogens (tertiary/aromatic N) is 2. The summed E-state index contributed by atoms with van der Waals surface area (Å²) in [5.74, 6) is 0.206. The Morgan fingerprint density at radius 2 is 1.92 bits per heavy atom. The van der Waals surface area contributed by atoms with Crippen molar-refractivity contribution in [3.8, 4) is 0 Å². The molecule has 4 rings (SSSR count). The minimum absolute atomic E-state index is 0.185. The Morgan fingerprint density at radius 1 is 1.12 bits per heavy atom. The van der Waals surface area contributed by atoms with Gasteiger partial charge in [-0.05, 0) is 18.2 Å². The summed E-state index contributed by atoms with van der Waals surface area (Å²) in [5, 5.41) is 0. The van der Waals surface area contributed by atoms with Gasteiger partial charge in [-0.3, -0.25) is 14.5 Å². The highest BCUT2D eigenvalue weighted by atomic mass is 32.2. The topological polar surface area (TPSA) is 53.8 Å².